The third-order valence-electron chi connectivity index (χ3n) is 4.84. The summed E-state index contributed by atoms with van der Waals surface area (Å²) >= 11 is 0. The smallest absolute Gasteiger partial charge is 0.121 e. The molecule has 2 N–H and O–H groups in total. The molecule has 21 heavy (non-hydrogen) atoms. The molecule has 3 heteroatoms. The second-order valence-electron chi connectivity index (χ2n) is 6.25. The highest BCUT2D eigenvalue weighted by atomic mass is 16.5. The van der Waals surface area contributed by atoms with Gasteiger partial charge in [-0.15, -0.1) is 0 Å². The zero-order valence-corrected chi connectivity index (χ0v) is 13.8. The van der Waals surface area contributed by atoms with E-state index in [0.29, 0.717) is 5.92 Å². The van der Waals surface area contributed by atoms with E-state index in [-0.39, 0.29) is 0 Å². The van der Waals surface area contributed by atoms with Gasteiger partial charge in [-0.25, -0.2) is 0 Å². The van der Waals surface area contributed by atoms with Crippen LogP contribution in [0.15, 0.2) is 18.2 Å². The van der Waals surface area contributed by atoms with Gasteiger partial charge in [-0.1, -0.05) is 19.1 Å². The second kappa shape index (κ2) is 7.81. The van der Waals surface area contributed by atoms with E-state index >= 15 is 0 Å². The summed E-state index contributed by atoms with van der Waals surface area (Å²) in [6.45, 7) is 8.80. The number of piperidine rings is 1. The molecule has 1 atom stereocenters. The van der Waals surface area contributed by atoms with E-state index in [9.17, 15) is 0 Å². The van der Waals surface area contributed by atoms with E-state index in [1.807, 2.05) is 0 Å². The molecule has 1 fully saturated rings. The van der Waals surface area contributed by atoms with E-state index < -0.39 is 0 Å². The number of ether oxygens (including phenoxy) is 1. The van der Waals surface area contributed by atoms with Crippen molar-refractivity contribution in [2.75, 3.05) is 33.3 Å². The maximum Gasteiger partial charge on any atom is 0.121 e. The molecule has 2 rings (SSSR count). The Kier molecular flexibility index (Phi) is 6.07. The lowest BCUT2D eigenvalue weighted by molar-refractivity contribution is 0.169. The average molecular weight is 290 g/mol. The summed E-state index contributed by atoms with van der Waals surface area (Å²) in [5.74, 6) is 2.17. The highest BCUT2D eigenvalue weighted by molar-refractivity contribution is 5.38. The maximum atomic E-state index is 6.10. The summed E-state index contributed by atoms with van der Waals surface area (Å²) in [4.78, 5) is 2.59. The Morgan fingerprint density at radius 3 is 2.57 bits per heavy atom. The number of benzene rings is 1. The van der Waals surface area contributed by atoms with Crippen LogP contribution in [0.3, 0.4) is 0 Å². The molecule has 0 radical (unpaired) electrons. The molecule has 118 valence electrons. The fourth-order valence-electron chi connectivity index (χ4n) is 3.63. The van der Waals surface area contributed by atoms with Crippen LogP contribution in [0.25, 0.3) is 0 Å². The number of nitrogens with two attached hydrogens (primary N) is 1. The van der Waals surface area contributed by atoms with E-state index in [1.54, 1.807) is 7.11 Å². The lowest BCUT2D eigenvalue weighted by Crippen LogP contribution is -2.37. The third-order valence-corrected chi connectivity index (χ3v) is 4.84. The van der Waals surface area contributed by atoms with Crippen LogP contribution in [0, 0.1) is 12.8 Å². The minimum absolute atomic E-state index is 0.485. The molecule has 1 aromatic carbocycles. The minimum atomic E-state index is 0.485. The number of aryl methyl sites for hydroxylation is 1. The zero-order chi connectivity index (χ0) is 15.2. The van der Waals surface area contributed by atoms with Crippen LogP contribution in [0.2, 0.25) is 0 Å². The molecule has 0 aliphatic carbocycles. The lowest BCUT2D eigenvalue weighted by atomic mass is 9.79. The van der Waals surface area contributed by atoms with Crippen LogP contribution < -0.4 is 10.5 Å². The predicted octanol–water partition coefficient (Wildman–Crippen LogP) is 3.17. The Bertz CT molecular complexity index is 439. The summed E-state index contributed by atoms with van der Waals surface area (Å²) in [5.41, 5.74) is 8.69. The van der Waals surface area contributed by atoms with Gasteiger partial charge in [0.15, 0.2) is 0 Å². The zero-order valence-electron chi connectivity index (χ0n) is 13.8. The van der Waals surface area contributed by atoms with Gasteiger partial charge in [0.1, 0.15) is 5.75 Å². The van der Waals surface area contributed by atoms with Crippen molar-refractivity contribution < 1.29 is 4.74 Å². The molecular formula is C18H30N2O. The molecule has 1 heterocycles. The van der Waals surface area contributed by atoms with Crippen molar-refractivity contribution in [2.45, 2.75) is 39.0 Å². The number of hydrogen-bond acceptors (Lipinski definition) is 3. The highest BCUT2D eigenvalue weighted by Gasteiger charge is 2.26. The van der Waals surface area contributed by atoms with Gasteiger partial charge >= 0.3 is 0 Å². The molecule has 1 saturated heterocycles. The normalized spacial score (nSPS) is 18.7. The Hall–Kier alpha value is -1.06. The van der Waals surface area contributed by atoms with Gasteiger partial charge < -0.3 is 15.4 Å². The summed E-state index contributed by atoms with van der Waals surface area (Å²) in [5, 5.41) is 0. The third kappa shape index (κ3) is 3.98. The van der Waals surface area contributed by atoms with Gasteiger partial charge in [0.05, 0.1) is 7.11 Å². The van der Waals surface area contributed by atoms with Crippen LogP contribution in [-0.2, 0) is 0 Å². The fourth-order valence-corrected chi connectivity index (χ4v) is 3.63. The Balaban J connectivity index is 2.05. The molecule has 0 aromatic heterocycles. The SMILES string of the molecule is CCCN1CCC(C(CN)c2ccc(OC)c(C)c2)CC1. The number of likely N-dealkylation sites (tertiary alicyclic amines) is 1. The van der Waals surface area contributed by atoms with Crippen molar-refractivity contribution in [1.29, 1.82) is 0 Å². The Morgan fingerprint density at radius 2 is 2.05 bits per heavy atom. The summed E-state index contributed by atoms with van der Waals surface area (Å²) in [6, 6.07) is 6.54. The summed E-state index contributed by atoms with van der Waals surface area (Å²) in [6.07, 6.45) is 3.79. The Morgan fingerprint density at radius 1 is 1.33 bits per heavy atom. The van der Waals surface area contributed by atoms with Crippen LogP contribution >= 0.6 is 0 Å². The lowest BCUT2D eigenvalue weighted by Gasteiger charge is -2.36. The average Bonchev–Trinajstić information content (AvgIpc) is 2.50. The number of rotatable bonds is 6. The monoisotopic (exact) mass is 290 g/mol. The molecular weight excluding hydrogens is 260 g/mol. The molecule has 0 amide bonds. The summed E-state index contributed by atoms with van der Waals surface area (Å²) in [7, 11) is 1.73. The molecule has 1 aromatic rings. The number of nitrogens with zero attached hydrogens (tertiary/aromatic N) is 1. The molecule has 0 spiro atoms. The Labute approximate surface area is 129 Å². The quantitative estimate of drug-likeness (QED) is 0.874. The summed E-state index contributed by atoms with van der Waals surface area (Å²) < 4.78 is 5.36. The van der Waals surface area contributed by atoms with Crippen LogP contribution in [0.5, 0.6) is 5.75 Å². The second-order valence-corrected chi connectivity index (χ2v) is 6.25. The van der Waals surface area contributed by atoms with Crippen LogP contribution in [0.1, 0.15) is 43.2 Å². The van der Waals surface area contributed by atoms with Crippen molar-refractivity contribution in [1.82, 2.24) is 4.90 Å². The molecule has 0 bridgehead atoms. The molecule has 1 aliphatic heterocycles. The first-order valence-electron chi connectivity index (χ1n) is 8.26. The molecule has 0 saturated carbocycles. The standard InChI is InChI=1S/C18H30N2O/c1-4-9-20-10-7-15(8-11-20)17(13-19)16-5-6-18(21-3)14(2)12-16/h5-6,12,15,17H,4,7-11,13,19H2,1-3H3. The van der Waals surface area contributed by atoms with Crippen LogP contribution in [-0.4, -0.2) is 38.2 Å². The molecule has 1 aliphatic rings. The van der Waals surface area contributed by atoms with E-state index in [4.69, 9.17) is 10.5 Å². The van der Waals surface area contributed by atoms with Crippen molar-refractivity contribution in [3.8, 4) is 5.75 Å². The number of methoxy groups -OCH3 is 1. The topological polar surface area (TPSA) is 38.5 Å². The van der Waals surface area contributed by atoms with Crippen molar-refractivity contribution in [3.63, 3.8) is 0 Å². The maximum absolute atomic E-state index is 6.10. The van der Waals surface area contributed by atoms with Gasteiger partial charge in [0.2, 0.25) is 0 Å². The van der Waals surface area contributed by atoms with Crippen molar-refractivity contribution >= 4 is 0 Å². The van der Waals surface area contributed by atoms with Gasteiger partial charge in [0.25, 0.3) is 0 Å². The molecule has 3 nitrogen and oxygen atoms in total. The van der Waals surface area contributed by atoms with Gasteiger partial charge in [0, 0.05) is 0 Å². The van der Waals surface area contributed by atoms with Crippen molar-refractivity contribution in [2.24, 2.45) is 11.7 Å². The first-order chi connectivity index (χ1) is 10.2. The van der Waals surface area contributed by atoms with Crippen molar-refractivity contribution in [3.05, 3.63) is 29.3 Å². The first kappa shape index (κ1) is 16.3. The van der Waals surface area contributed by atoms with E-state index in [1.165, 1.54) is 50.0 Å². The predicted molar refractivity (Wildman–Crippen MR) is 89.0 cm³/mol. The molecule has 1 unspecified atom stereocenters. The minimum Gasteiger partial charge on any atom is -0.496 e. The van der Waals surface area contributed by atoms with Gasteiger partial charge in [-0.2, -0.15) is 0 Å². The number of hydrogen-bond donors (Lipinski definition) is 1. The first-order valence-corrected chi connectivity index (χ1v) is 8.26. The largest absolute Gasteiger partial charge is 0.496 e. The van der Waals surface area contributed by atoms with Crippen LogP contribution in [0.4, 0.5) is 0 Å². The highest BCUT2D eigenvalue weighted by Crippen LogP contribution is 2.34. The van der Waals surface area contributed by atoms with Gasteiger partial charge in [-0.05, 0) is 81.4 Å². The fraction of sp³-hybridized carbons (Fsp3) is 0.667. The van der Waals surface area contributed by atoms with E-state index in [2.05, 4.69) is 36.9 Å². The van der Waals surface area contributed by atoms with Gasteiger partial charge in [-0.3, -0.25) is 0 Å². The van der Waals surface area contributed by atoms with E-state index in [0.717, 1.165) is 18.2 Å².